The van der Waals surface area contributed by atoms with Crippen molar-refractivity contribution >= 4 is 27.5 Å². The number of benzene rings is 2. The molecule has 31 heavy (non-hydrogen) atoms. The monoisotopic (exact) mass is 466 g/mol. The molecule has 2 N–H and O–H groups in total. The molecular formula is C20H20ClFN4O4S. The zero-order valence-corrected chi connectivity index (χ0v) is 18.2. The molecule has 1 amide bonds. The van der Waals surface area contributed by atoms with Crippen LogP contribution in [0.2, 0.25) is 5.02 Å². The number of carbonyl (C=O) groups is 1. The van der Waals surface area contributed by atoms with Gasteiger partial charge in [0, 0.05) is 25.9 Å². The van der Waals surface area contributed by atoms with Gasteiger partial charge in [-0.05, 0) is 11.6 Å². The Morgan fingerprint density at radius 2 is 2.00 bits per heavy atom. The normalized spacial score (nSPS) is 12.4. The van der Waals surface area contributed by atoms with Gasteiger partial charge in [0.25, 0.3) is 5.91 Å². The van der Waals surface area contributed by atoms with Crippen LogP contribution in [0, 0.1) is 5.82 Å². The number of nitrogens with one attached hydrogen (secondary N) is 2. The summed E-state index contributed by atoms with van der Waals surface area (Å²) in [6, 6.07) is 10.3. The van der Waals surface area contributed by atoms with Crippen molar-refractivity contribution in [2.24, 2.45) is 7.05 Å². The van der Waals surface area contributed by atoms with Gasteiger partial charge in [0.15, 0.2) is 0 Å². The Balaban J connectivity index is 1.84. The van der Waals surface area contributed by atoms with E-state index in [9.17, 15) is 17.6 Å². The van der Waals surface area contributed by atoms with E-state index in [0.29, 0.717) is 5.56 Å². The van der Waals surface area contributed by atoms with Crippen molar-refractivity contribution in [3.8, 4) is 5.75 Å². The highest BCUT2D eigenvalue weighted by molar-refractivity contribution is 7.89. The lowest BCUT2D eigenvalue weighted by molar-refractivity contribution is 0.0933. The predicted molar refractivity (Wildman–Crippen MR) is 113 cm³/mol. The van der Waals surface area contributed by atoms with E-state index in [-0.39, 0.29) is 27.8 Å². The van der Waals surface area contributed by atoms with Crippen molar-refractivity contribution < 1.29 is 22.3 Å². The summed E-state index contributed by atoms with van der Waals surface area (Å²) >= 11 is 6.07. The number of aromatic nitrogens is 2. The molecule has 0 bridgehead atoms. The van der Waals surface area contributed by atoms with Gasteiger partial charge in [0.1, 0.15) is 16.5 Å². The minimum absolute atomic E-state index is 0.0163. The van der Waals surface area contributed by atoms with E-state index in [0.717, 1.165) is 6.07 Å². The van der Waals surface area contributed by atoms with Crippen LogP contribution in [-0.4, -0.2) is 37.8 Å². The van der Waals surface area contributed by atoms with Crippen LogP contribution in [0.5, 0.6) is 5.75 Å². The molecule has 8 nitrogen and oxygen atoms in total. The summed E-state index contributed by atoms with van der Waals surface area (Å²) in [5, 5.41) is 6.37. The van der Waals surface area contributed by atoms with Crippen LogP contribution in [-0.2, 0) is 17.1 Å². The van der Waals surface area contributed by atoms with Gasteiger partial charge in [-0.25, -0.2) is 17.5 Å². The van der Waals surface area contributed by atoms with E-state index in [4.69, 9.17) is 16.3 Å². The van der Waals surface area contributed by atoms with Crippen molar-refractivity contribution in [1.82, 2.24) is 19.8 Å². The molecule has 0 spiro atoms. The quantitative estimate of drug-likeness (QED) is 0.531. The SMILES string of the molecule is COc1cc(F)c(C(=O)NC(CNS(=O)(=O)c2cnn(C)c2)c2ccccc2)c(Cl)c1. The largest absolute Gasteiger partial charge is 0.497 e. The summed E-state index contributed by atoms with van der Waals surface area (Å²) in [6.45, 7) is -0.178. The molecule has 0 fully saturated rings. The Hall–Kier alpha value is -2.95. The Kier molecular flexibility index (Phi) is 6.94. The molecular weight excluding hydrogens is 447 g/mol. The molecule has 164 valence electrons. The van der Waals surface area contributed by atoms with Crippen molar-refractivity contribution in [2.75, 3.05) is 13.7 Å². The minimum Gasteiger partial charge on any atom is -0.497 e. The van der Waals surface area contributed by atoms with Gasteiger partial charge in [-0.3, -0.25) is 9.48 Å². The number of aryl methyl sites for hydroxylation is 1. The first-order valence-corrected chi connectivity index (χ1v) is 10.9. The minimum atomic E-state index is -3.87. The zero-order valence-electron chi connectivity index (χ0n) is 16.7. The van der Waals surface area contributed by atoms with Crippen molar-refractivity contribution in [3.05, 3.63) is 76.8 Å². The molecule has 3 rings (SSSR count). The zero-order chi connectivity index (χ0) is 22.6. The maximum atomic E-state index is 14.5. The molecule has 1 unspecified atom stereocenters. The number of ether oxygens (including phenoxy) is 1. The summed E-state index contributed by atoms with van der Waals surface area (Å²) in [5.41, 5.74) is 0.258. The van der Waals surface area contributed by atoms with Gasteiger partial charge in [-0.1, -0.05) is 41.9 Å². The van der Waals surface area contributed by atoms with E-state index in [2.05, 4.69) is 15.1 Å². The van der Waals surface area contributed by atoms with Crippen molar-refractivity contribution in [2.45, 2.75) is 10.9 Å². The molecule has 2 aromatic carbocycles. The molecule has 3 aromatic rings. The van der Waals surface area contributed by atoms with Gasteiger partial charge in [0.05, 0.1) is 29.9 Å². The number of hydrogen-bond donors (Lipinski definition) is 2. The Morgan fingerprint density at radius 3 is 2.58 bits per heavy atom. The fourth-order valence-corrected chi connectivity index (χ4v) is 4.18. The van der Waals surface area contributed by atoms with Crippen LogP contribution in [0.25, 0.3) is 0 Å². The lowest BCUT2D eigenvalue weighted by Crippen LogP contribution is -2.38. The molecule has 0 saturated carbocycles. The smallest absolute Gasteiger partial charge is 0.256 e. The first kappa shape index (κ1) is 22.7. The highest BCUT2D eigenvalue weighted by atomic mass is 35.5. The van der Waals surface area contributed by atoms with Crippen LogP contribution >= 0.6 is 11.6 Å². The lowest BCUT2D eigenvalue weighted by Gasteiger charge is -2.20. The molecule has 0 aliphatic carbocycles. The fourth-order valence-electron chi connectivity index (χ4n) is 2.87. The summed E-state index contributed by atoms with van der Waals surface area (Å²) in [5.74, 6) is -1.48. The second-order valence-electron chi connectivity index (χ2n) is 6.60. The van der Waals surface area contributed by atoms with Crippen molar-refractivity contribution in [3.63, 3.8) is 0 Å². The number of halogens is 2. The third-order valence-electron chi connectivity index (χ3n) is 4.45. The standard InChI is InChI=1S/C20H20ClFN4O4S/c1-26-12-15(10-23-26)31(28,29)24-11-18(13-6-4-3-5-7-13)25-20(27)19-16(21)8-14(30-2)9-17(19)22/h3-10,12,18,24H,11H2,1-2H3,(H,25,27). The highest BCUT2D eigenvalue weighted by Crippen LogP contribution is 2.26. The third-order valence-corrected chi connectivity index (χ3v) is 6.13. The van der Waals surface area contributed by atoms with E-state index < -0.39 is 27.8 Å². The van der Waals surface area contributed by atoms with E-state index in [1.54, 1.807) is 37.4 Å². The summed E-state index contributed by atoms with van der Waals surface area (Å²) in [6.07, 6.45) is 2.57. The molecule has 1 atom stereocenters. The molecule has 11 heteroatoms. The molecule has 0 aliphatic heterocycles. The molecule has 1 heterocycles. The van der Waals surface area contributed by atoms with Crippen LogP contribution in [0.15, 0.2) is 59.8 Å². The predicted octanol–water partition coefficient (Wildman–Crippen LogP) is 2.67. The molecule has 0 radical (unpaired) electrons. The van der Waals surface area contributed by atoms with E-state index in [1.807, 2.05) is 0 Å². The average molecular weight is 467 g/mol. The molecule has 1 aromatic heterocycles. The van der Waals surface area contributed by atoms with Crippen LogP contribution in [0.3, 0.4) is 0 Å². The van der Waals surface area contributed by atoms with E-state index in [1.165, 1.54) is 30.3 Å². The number of nitrogens with zero attached hydrogens (tertiary/aromatic N) is 2. The summed E-state index contributed by atoms with van der Waals surface area (Å²) in [4.78, 5) is 12.8. The Labute approximate surface area is 184 Å². The summed E-state index contributed by atoms with van der Waals surface area (Å²) < 4.78 is 48.3. The second-order valence-corrected chi connectivity index (χ2v) is 8.78. The first-order valence-electron chi connectivity index (χ1n) is 9.08. The van der Waals surface area contributed by atoms with Gasteiger partial charge >= 0.3 is 0 Å². The van der Waals surface area contributed by atoms with Gasteiger partial charge in [0.2, 0.25) is 10.0 Å². The van der Waals surface area contributed by atoms with Gasteiger partial charge in [-0.2, -0.15) is 5.10 Å². The number of methoxy groups -OCH3 is 1. The Morgan fingerprint density at radius 1 is 1.29 bits per heavy atom. The fraction of sp³-hybridized carbons (Fsp3) is 0.200. The first-order chi connectivity index (χ1) is 14.7. The number of hydrogen-bond acceptors (Lipinski definition) is 5. The number of sulfonamides is 1. The lowest BCUT2D eigenvalue weighted by atomic mass is 10.1. The summed E-state index contributed by atoms with van der Waals surface area (Å²) in [7, 11) is -0.921. The average Bonchev–Trinajstić information content (AvgIpc) is 3.18. The van der Waals surface area contributed by atoms with Crippen LogP contribution < -0.4 is 14.8 Å². The molecule has 0 aliphatic rings. The van der Waals surface area contributed by atoms with E-state index >= 15 is 0 Å². The van der Waals surface area contributed by atoms with Crippen LogP contribution in [0.1, 0.15) is 22.0 Å². The topological polar surface area (TPSA) is 102 Å². The maximum absolute atomic E-state index is 14.5. The van der Waals surface area contributed by atoms with Crippen LogP contribution in [0.4, 0.5) is 4.39 Å². The second kappa shape index (κ2) is 9.46. The van der Waals surface area contributed by atoms with Gasteiger partial charge < -0.3 is 10.1 Å². The highest BCUT2D eigenvalue weighted by Gasteiger charge is 2.24. The third kappa shape index (κ3) is 5.40. The Bertz CT molecular complexity index is 1160. The number of rotatable bonds is 8. The number of carbonyl (C=O) groups excluding carboxylic acids is 1. The maximum Gasteiger partial charge on any atom is 0.256 e. The molecule has 0 saturated heterocycles. The number of amides is 1. The van der Waals surface area contributed by atoms with Crippen molar-refractivity contribution in [1.29, 1.82) is 0 Å². The van der Waals surface area contributed by atoms with Gasteiger partial charge in [-0.15, -0.1) is 0 Å².